The van der Waals surface area contributed by atoms with Crippen LogP contribution in [0.3, 0.4) is 0 Å². The molecule has 0 saturated heterocycles. The molecule has 0 atom stereocenters. The van der Waals surface area contributed by atoms with Crippen LogP contribution in [0.2, 0.25) is 10.0 Å². The van der Waals surface area contributed by atoms with E-state index in [-0.39, 0.29) is 0 Å². The van der Waals surface area contributed by atoms with Crippen molar-refractivity contribution < 1.29 is 4.74 Å². The van der Waals surface area contributed by atoms with Gasteiger partial charge in [0, 0.05) is 26.9 Å². The molecule has 4 rings (SSSR count). The third kappa shape index (κ3) is 5.34. The molecule has 0 aliphatic heterocycles. The molecule has 0 unspecified atom stereocenters. The maximum absolute atomic E-state index is 6.19. The van der Waals surface area contributed by atoms with E-state index in [0.29, 0.717) is 28.4 Å². The van der Waals surface area contributed by atoms with Gasteiger partial charge in [-0.05, 0) is 43.2 Å². The number of nitrogens with zero attached hydrogens (tertiary/aromatic N) is 3. The fourth-order valence-electron chi connectivity index (χ4n) is 3.72. The summed E-state index contributed by atoms with van der Waals surface area (Å²) in [5.74, 6) is 2.34. The van der Waals surface area contributed by atoms with Gasteiger partial charge < -0.3 is 4.74 Å². The molecule has 1 heterocycles. The first-order valence-electron chi connectivity index (χ1n) is 10.0. The Balaban J connectivity index is 1.48. The van der Waals surface area contributed by atoms with Gasteiger partial charge in [-0.3, -0.25) is 4.57 Å². The lowest BCUT2D eigenvalue weighted by atomic mass is 9.95. The summed E-state index contributed by atoms with van der Waals surface area (Å²) < 4.78 is 9.22. The van der Waals surface area contributed by atoms with Crippen LogP contribution in [0.4, 0.5) is 0 Å². The molecule has 3 aromatic rings. The molecule has 2 aromatic carbocycles. The number of hydrogen-bond donors (Lipinski definition) is 0. The summed E-state index contributed by atoms with van der Waals surface area (Å²) in [6.07, 6.45) is 6.16. The number of thioether (sulfide) groups is 1. The zero-order valence-corrected chi connectivity index (χ0v) is 20.3. The Bertz CT molecular complexity index is 991. The van der Waals surface area contributed by atoms with Crippen LogP contribution in [0, 0.1) is 0 Å². The smallest absolute Gasteiger partial charge is 0.191 e. The zero-order chi connectivity index (χ0) is 20.9. The lowest BCUT2D eigenvalue weighted by Gasteiger charge is -2.25. The van der Waals surface area contributed by atoms with Crippen molar-refractivity contribution in [1.29, 1.82) is 0 Å². The summed E-state index contributed by atoms with van der Waals surface area (Å²) in [4.78, 5) is 0. The minimum absolute atomic E-state index is 0.446. The lowest BCUT2D eigenvalue weighted by molar-refractivity contribution is 0.336. The van der Waals surface area contributed by atoms with Gasteiger partial charge >= 0.3 is 0 Å². The van der Waals surface area contributed by atoms with E-state index in [1.54, 1.807) is 30.0 Å². The van der Waals surface area contributed by atoms with Gasteiger partial charge in [0.15, 0.2) is 11.0 Å². The molecule has 1 aliphatic carbocycles. The molecule has 8 heteroatoms. The van der Waals surface area contributed by atoms with Crippen molar-refractivity contribution in [1.82, 2.24) is 14.8 Å². The Morgan fingerprint density at radius 3 is 2.53 bits per heavy atom. The summed E-state index contributed by atoms with van der Waals surface area (Å²) >= 11 is 17.3. The second-order valence-corrected chi connectivity index (χ2v) is 10.1. The molecular weight excluding hydrogens is 505 g/mol. The molecule has 158 valence electrons. The number of benzene rings is 2. The summed E-state index contributed by atoms with van der Waals surface area (Å²) in [5, 5.41) is 11.2. The van der Waals surface area contributed by atoms with Crippen molar-refractivity contribution in [2.24, 2.45) is 0 Å². The molecule has 0 spiro atoms. The Morgan fingerprint density at radius 1 is 1.03 bits per heavy atom. The summed E-state index contributed by atoms with van der Waals surface area (Å²) in [6, 6.07) is 14.0. The van der Waals surface area contributed by atoms with Crippen molar-refractivity contribution in [3.8, 4) is 17.1 Å². The van der Waals surface area contributed by atoms with E-state index >= 15 is 0 Å². The minimum atomic E-state index is 0.446. The van der Waals surface area contributed by atoms with Gasteiger partial charge in [0.25, 0.3) is 0 Å². The molecular formula is C22H22BrCl2N3OS. The van der Waals surface area contributed by atoms with E-state index in [9.17, 15) is 0 Å². The highest BCUT2D eigenvalue weighted by Crippen LogP contribution is 2.36. The Labute approximate surface area is 199 Å². The van der Waals surface area contributed by atoms with Crippen LogP contribution >= 0.6 is 50.9 Å². The van der Waals surface area contributed by atoms with Crippen LogP contribution < -0.4 is 4.74 Å². The van der Waals surface area contributed by atoms with Crippen molar-refractivity contribution in [2.75, 3.05) is 12.4 Å². The molecule has 1 aromatic heterocycles. The van der Waals surface area contributed by atoms with Crippen molar-refractivity contribution in [3.05, 3.63) is 57.0 Å². The van der Waals surface area contributed by atoms with Crippen LogP contribution in [-0.2, 0) is 0 Å². The molecule has 1 fully saturated rings. The van der Waals surface area contributed by atoms with E-state index in [1.165, 1.54) is 32.1 Å². The van der Waals surface area contributed by atoms with Crippen LogP contribution in [0.5, 0.6) is 5.75 Å². The van der Waals surface area contributed by atoms with Crippen LogP contribution in [0.1, 0.15) is 38.1 Å². The molecule has 30 heavy (non-hydrogen) atoms. The lowest BCUT2D eigenvalue weighted by Crippen LogP contribution is -2.15. The second-order valence-electron chi connectivity index (χ2n) is 7.25. The van der Waals surface area contributed by atoms with Gasteiger partial charge in [-0.25, -0.2) is 0 Å². The Hall–Kier alpha value is -1.21. The first-order valence-corrected chi connectivity index (χ1v) is 12.6. The maximum Gasteiger partial charge on any atom is 0.191 e. The van der Waals surface area contributed by atoms with Crippen LogP contribution in [0.15, 0.2) is 52.1 Å². The number of ether oxygens (including phenoxy) is 1. The fourth-order valence-corrected chi connectivity index (χ4v) is 5.27. The van der Waals surface area contributed by atoms with Crippen LogP contribution in [-0.4, -0.2) is 27.1 Å². The van der Waals surface area contributed by atoms with E-state index < -0.39 is 0 Å². The quantitative estimate of drug-likeness (QED) is 0.233. The van der Waals surface area contributed by atoms with Crippen LogP contribution in [0.25, 0.3) is 11.4 Å². The Morgan fingerprint density at radius 2 is 1.80 bits per heavy atom. The van der Waals surface area contributed by atoms with E-state index in [0.717, 1.165) is 26.8 Å². The maximum atomic E-state index is 6.19. The highest BCUT2D eigenvalue weighted by atomic mass is 79.9. The molecule has 1 aliphatic rings. The normalized spacial score (nSPS) is 14.8. The topological polar surface area (TPSA) is 39.9 Å². The van der Waals surface area contributed by atoms with Crippen molar-refractivity contribution >= 4 is 50.9 Å². The van der Waals surface area contributed by atoms with Crippen molar-refractivity contribution in [2.45, 2.75) is 43.3 Å². The largest absolute Gasteiger partial charge is 0.491 e. The fraction of sp³-hybridized carbons (Fsp3) is 0.364. The van der Waals surface area contributed by atoms with E-state index in [1.807, 2.05) is 12.1 Å². The summed E-state index contributed by atoms with van der Waals surface area (Å²) in [5.41, 5.74) is 1.09. The number of halogens is 3. The van der Waals surface area contributed by atoms with E-state index in [2.05, 4.69) is 42.8 Å². The molecule has 0 bridgehead atoms. The summed E-state index contributed by atoms with van der Waals surface area (Å²) in [6.45, 7) is 0.525. The third-order valence-electron chi connectivity index (χ3n) is 5.17. The second kappa shape index (κ2) is 10.4. The van der Waals surface area contributed by atoms with Gasteiger partial charge in [0.1, 0.15) is 5.75 Å². The molecule has 0 N–H and O–H groups in total. The van der Waals surface area contributed by atoms with Gasteiger partial charge in [-0.15, -0.1) is 10.2 Å². The average molecular weight is 527 g/mol. The third-order valence-corrected chi connectivity index (χ3v) is 7.14. The molecule has 0 amide bonds. The molecule has 0 radical (unpaired) electrons. The average Bonchev–Trinajstić information content (AvgIpc) is 3.17. The number of aromatic nitrogens is 3. The summed E-state index contributed by atoms with van der Waals surface area (Å²) in [7, 11) is 0. The van der Waals surface area contributed by atoms with Gasteiger partial charge in [0.2, 0.25) is 0 Å². The van der Waals surface area contributed by atoms with Gasteiger partial charge in [-0.2, -0.15) is 0 Å². The number of rotatable bonds is 7. The zero-order valence-electron chi connectivity index (χ0n) is 16.4. The standard InChI is InChI=1S/C22H22BrCl2N3OS/c23-16-8-6-15(7-9-16)21-26-27-22(28(21)18-4-2-1-3-5-18)30-13-12-29-20-11-10-17(24)14-19(20)25/h6-11,14,18H,1-5,12-13H2. The monoisotopic (exact) mass is 525 g/mol. The minimum Gasteiger partial charge on any atom is -0.491 e. The van der Waals surface area contributed by atoms with E-state index in [4.69, 9.17) is 27.9 Å². The Kier molecular flexibility index (Phi) is 7.63. The number of hydrogen-bond acceptors (Lipinski definition) is 4. The van der Waals surface area contributed by atoms with Crippen molar-refractivity contribution in [3.63, 3.8) is 0 Å². The predicted molar refractivity (Wildman–Crippen MR) is 128 cm³/mol. The first-order chi connectivity index (χ1) is 14.6. The molecule has 4 nitrogen and oxygen atoms in total. The SMILES string of the molecule is Clc1ccc(OCCSc2nnc(-c3ccc(Br)cc3)n2C2CCCCC2)c(Cl)c1. The molecule has 1 saturated carbocycles. The highest BCUT2D eigenvalue weighted by Gasteiger charge is 2.23. The van der Waals surface area contributed by atoms with Gasteiger partial charge in [0.05, 0.1) is 11.6 Å². The predicted octanol–water partition coefficient (Wildman–Crippen LogP) is 7.69. The van der Waals surface area contributed by atoms with Gasteiger partial charge in [-0.1, -0.05) is 82.3 Å². The first kappa shape index (κ1) is 22.0. The highest BCUT2D eigenvalue weighted by molar-refractivity contribution is 9.10.